The lowest BCUT2D eigenvalue weighted by Gasteiger charge is -1.90. The van der Waals surface area contributed by atoms with E-state index in [0.717, 1.165) is 0 Å². The minimum atomic E-state index is -1.12. The van der Waals surface area contributed by atoms with Gasteiger partial charge in [0.2, 0.25) is 0 Å². The molecular formula is C6H12N2O2. The van der Waals surface area contributed by atoms with Gasteiger partial charge in [0, 0.05) is 12.4 Å². The third kappa shape index (κ3) is 7.13. The summed E-state index contributed by atoms with van der Waals surface area (Å²) in [6.07, 6.45) is 4.38. The Kier molecular flexibility index (Phi) is 5.71. The van der Waals surface area contributed by atoms with Gasteiger partial charge in [-0.3, -0.25) is 0 Å². The SMILES string of the molecule is CCC(O)O.c1c[nH]cn1. The summed E-state index contributed by atoms with van der Waals surface area (Å²) in [4.78, 5) is 6.42. The van der Waals surface area contributed by atoms with Gasteiger partial charge in [-0.15, -0.1) is 0 Å². The van der Waals surface area contributed by atoms with Crippen molar-refractivity contribution >= 4 is 0 Å². The number of imidazole rings is 1. The molecule has 58 valence electrons. The van der Waals surface area contributed by atoms with Crippen LogP contribution in [-0.4, -0.2) is 26.5 Å². The molecule has 0 atom stereocenters. The zero-order valence-electron chi connectivity index (χ0n) is 5.86. The van der Waals surface area contributed by atoms with Gasteiger partial charge in [-0.05, 0) is 6.42 Å². The molecule has 0 amide bonds. The molecule has 0 aliphatic rings. The Labute approximate surface area is 59.5 Å². The number of aromatic amines is 1. The number of hydrogen-bond acceptors (Lipinski definition) is 3. The van der Waals surface area contributed by atoms with Gasteiger partial charge in [-0.2, -0.15) is 0 Å². The van der Waals surface area contributed by atoms with E-state index in [2.05, 4.69) is 9.97 Å². The van der Waals surface area contributed by atoms with Crippen LogP contribution in [0.2, 0.25) is 0 Å². The maximum absolute atomic E-state index is 7.92. The highest BCUT2D eigenvalue weighted by molar-refractivity contribution is 4.64. The van der Waals surface area contributed by atoms with Crippen molar-refractivity contribution < 1.29 is 10.2 Å². The third-order valence-electron chi connectivity index (χ3n) is 0.771. The third-order valence-corrected chi connectivity index (χ3v) is 0.771. The second kappa shape index (κ2) is 6.25. The molecule has 0 saturated carbocycles. The zero-order valence-corrected chi connectivity index (χ0v) is 5.86. The minimum Gasteiger partial charge on any atom is -0.368 e. The van der Waals surface area contributed by atoms with Crippen molar-refractivity contribution in [2.75, 3.05) is 0 Å². The number of nitrogens with zero attached hydrogens (tertiary/aromatic N) is 1. The Bertz CT molecular complexity index is 111. The van der Waals surface area contributed by atoms with Crippen molar-refractivity contribution in [3.63, 3.8) is 0 Å². The van der Waals surface area contributed by atoms with E-state index in [0.29, 0.717) is 6.42 Å². The van der Waals surface area contributed by atoms with E-state index < -0.39 is 6.29 Å². The molecule has 3 N–H and O–H groups in total. The predicted octanol–water partition coefficient (Wildman–Crippen LogP) is 0.117. The van der Waals surface area contributed by atoms with Crippen LogP contribution in [0.15, 0.2) is 18.7 Å². The Balaban J connectivity index is 0.000000162. The van der Waals surface area contributed by atoms with Gasteiger partial charge >= 0.3 is 0 Å². The molecule has 1 heterocycles. The van der Waals surface area contributed by atoms with E-state index in [-0.39, 0.29) is 0 Å². The minimum absolute atomic E-state index is 0.417. The van der Waals surface area contributed by atoms with Crippen molar-refractivity contribution in [2.45, 2.75) is 19.6 Å². The van der Waals surface area contributed by atoms with E-state index >= 15 is 0 Å². The molecule has 0 saturated heterocycles. The van der Waals surface area contributed by atoms with Crippen molar-refractivity contribution in [2.24, 2.45) is 0 Å². The lowest BCUT2D eigenvalue weighted by atomic mass is 10.5. The van der Waals surface area contributed by atoms with E-state index in [1.54, 1.807) is 25.6 Å². The maximum Gasteiger partial charge on any atom is 0.151 e. The number of rotatable bonds is 1. The number of aliphatic hydroxyl groups is 2. The summed E-state index contributed by atoms with van der Waals surface area (Å²) >= 11 is 0. The van der Waals surface area contributed by atoms with Gasteiger partial charge in [0.1, 0.15) is 0 Å². The smallest absolute Gasteiger partial charge is 0.151 e. The number of aliphatic hydroxyl groups excluding tert-OH is 1. The Hall–Kier alpha value is -0.870. The molecule has 1 rings (SSSR count). The molecule has 4 nitrogen and oxygen atoms in total. The first-order valence-electron chi connectivity index (χ1n) is 3.06. The molecule has 1 aromatic rings. The fourth-order valence-electron chi connectivity index (χ4n) is 0.215. The second-order valence-electron chi connectivity index (χ2n) is 1.65. The molecule has 0 aromatic carbocycles. The van der Waals surface area contributed by atoms with Gasteiger partial charge in [-0.25, -0.2) is 4.98 Å². The fraction of sp³-hybridized carbons (Fsp3) is 0.500. The summed E-state index contributed by atoms with van der Waals surface area (Å²) < 4.78 is 0. The first-order valence-corrected chi connectivity index (χ1v) is 3.06. The van der Waals surface area contributed by atoms with Crippen LogP contribution in [0.4, 0.5) is 0 Å². The second-order valence-corrected chi connectivity index (χ2v) is 1.65. The molecule has 4 heteroatoms. The first kappa shape index (κ1) is 9.13. The topological polar surface area (TPSA) is 69.1 Å². The molecule has 0 fully saturated rings. The van der Waals surface area contributed by atoms with Crippen molar-refractivity contribution in [3.05, 3.63) is 18.7 Å². The summed E-state index contributed by atoms with van der Waals surface area (Å²) in [7, 11) is 0. The first-order chi connectivity index (χ1) is 4.77. The molecule has 0 spiro atoms. The van der Waals surface area contributed by atoms with Gasteiger partial charge < -0.3 is 15.2 Å². The molecule has 0 aliphatic carbocycles. The van der Waals surface area contributed by atoms with Crippen LogP contribution in [0, 0.1) is 0 Å². The summed E-state index contributed by atoms with van der Waals surface area (Å²) in [5, 5.41) is 15.8. The van der Waals surface area contributed by atoms with Crippen LogP contribution in [0.1, 0.15) is 13.3 Å². The fourth-order valence-corrected chi connectivity index (χ4v) is 0.215. The number of aromatic nitrogens is 2. The highest BCUT2D eigenvalue weighted by Crippen LogP contribution is 1.77. The Morgan fingerprint density at radius 2 is 2.20 bits per heavy atom. The molecule has 0 bridgehead atoms. The highest BCUT2D eigenvalue weighted by Gasteiger charge is 1.83. The standard InChI is InChI=1S/C3H4N2.C3H8O2/c1-2-5-3-4-1;1-2-3(4)5/h1-3H,(H,4,5);3-5H,2H2,1H3. The summed E-state index contributed by atoms with van der Waals surface area (Å²) in [5.41, 5.74) is 0. The summed E-state index contributed by atoms with van der Waals surface area (Å²) in [6, 6.07) is 0. The van der Waals surface area contributed by atoms with E-state index in [1.807, 2.05) is 0 Å². The quantitative estimate of drug-likeness (QED) is 0.490. The number of hydrogen-bond donors (Lipinski definition) is 3. The number of nitrogens with one attached hydrogen (secondary N) is 1. The summed E-state index contributed by atoms with van der Waals surface area (Å²) in [6.45, 7) is 1.70. The van der Waals surface area contributed by atoms with Crippen LogP contribution >= 0.6 is 0 Å². The lowest BCUT2D eigenvalue weighted by molar-refractivity contribution is -0.0413. The average Bonchev–Trinajstić information content (AvgIpc) is 2.43. The van der Waals surface area contributed by atoms with Crippen molar-refractivity contribution in [1.29, 1.82) is 0 Å². The van der Waals surface area contributed by atoms with Crippen LogP contribution in [0.3, 0.4) is 0 Å². The van der Waals surface area contributed by atoms with Gasteiger partial charge in [0.05, 0.1) is 6.33 Å². The molecule has 1 aromatic heterocycles. The molecule has 10 heavy (non-hydrogen) atoms. The molecule has 0 aliphatic heterocycles. The van der Waals surface area contributed by atoms with E-state index in [4.69, 9.17) is 10.2 Å². The lowest BCUT2D eigenvalue weighted by Crippen LogP contribution is -1.99. The van der Waals surface area contributed by atoms with Crippen LogP contribution in [0.5, 0.6) is 0 Å². The summed E-state index contributed by atoms with van der Waals surface area (Å²) in [5.74, 6) is 0. The van der Waals surface area contributed by atoms with Gasteiger partial charge in [0.25, 0.3) is 0 Å². The molecule has 0 radical (unpaired) electrons. The Morgan fingerprint density at radius 1 is 1.60 bits per heavy atom. The Morgan fingerprint density at radius 3 is 2.30 bits per heavy atom. The van der Waals surface area contributed by atoms with Crippen molar-refractivity contribution in [1.82, 2.24) is 9.97 Å². The maximum atomic E-state index is 7.92. The normalized spacial score (nSPS) is 8.80. The average molecular weight is 144 g/mol. The number of H-pyrrole nitrogens is 1. The van der Waals surface area contributed by atoms with Crippen molar-refractivity contribution in [3.8, 4) is 0 Å². The molecule has 0 unspecified atom stereocenters. The van der Waals surface area contributed by atoms with Gasteiger partial charge in [0.15, 0.2) is 6.29 Å². The monoisotopic (exact) mass is 144 g/mol. The van der Waals surface area contributed by atoms with E-state index in [9.17, 15) is 0 Å². The van der Waals surface area contributed by atoms with Crippen LogP contribution < -0.4 is 0 Å². The van der Waals surface area contributed by atoms with Crippen LogP contribution in [-0.2, 0) is 0 Å². The molecular weight excluding hydrogens is 132 g/mol. The zero-order chi connectivity index (χ0) is 7.82. The predicted molar refractivity (Wildman–Crippen MR) is 37.1 cm³/mol. The van der Waals surface area contributed by atoms with E-state index in [1.165, 1.54) is 0 Å². The van der Waals surface area contributed by atoms with Gasteiger partial charge in [-0.1, -0.05) is 6.92 Å². The van der Waals surface area contributed by atoms with Crippen LogP contribution in [0.25, 0.3) is 0 Å². The largest absolute Gasteiger partial charge is 0.368 e. The highest BCUT2D eigenvalue weighted by atomic mass is 16.5.